The molecule has 1 rings (SSSR count). The predicted octanol–water partition coefficient (Wildman–Crippen LogP) is 1.63. The number of hydrogen-bond acceptors (Lipinski definition) is 3. The SMILES string of the molecule is O=C(O)C(C(=O)O)C(=S)Nc1ccc(F)c(F)c1F. The van der Waals surface area contributed by atoms with Crippen molar-refractivity contribution >= 4 is 34.8 Å². The molecule has 0 aliphatic rings. The first kappa shape index (κ1) is 14.9. The molecule has 0 saturated heterocycles. The van der Waals surface area contributed by atoms with Gasteiger partial charge in [-0.3, -0.25) is 9.59 Å². The molecule has 0 atom stereocenters. The van der Waals surface area contributed by atoms with Crippen LogP contribution in [0.4, 0.5) is 18.9 Å². The minimum atomic E-state index is -2.12. The molecule has 0 spiro atoms. The summed E-state index contributed by atoms with van der Waals surface area (Å²) in [7, 11) is 0. The van der Waals surface area contributed by atoms with E-state index in [1.165, 1.54) is 0 Å². The highest BCUT2D eigenvalue weighted by molar-refractivity contribution is 7.80. The van der Waals surface area contributed by atoms with E-state index in [0.29, 0.717) is 6.07 Å². The number of halogens is 3. The molecule has 102 valence electrons. The van der Waals surface area contributed by atoms with Crippen molar-refractivity contribution in [2.75, 3.05) is 5.32 Å². The second-order valence-corrected chi connectivity index (χ2v) is 3.76. The molecule has 0 bridgehead atoms. The van der Waals surface area contributed by atoms with E-state index < -0.39 is 46.0 Å². The zero-order chi connectivity index (χ0) is 14.7. The molecular weight excluding hydrogens is 287 g/mol. The van der Waals surface area contributed by atoms with Gasteiger partial charge in [0.15, 0.2) is 17.5 Å². The quantitative estimate of drug-likeness (QED) is 0.444. The second kappa shape index (κ2) is 5.65. The van der Waals surface area contributed by atoms with Crippen LogP contribution in [0.1, 0.15) is 0 Å². The monoisotopic (exact) mass is 293 g/mol. The lowest BCUT2D eigenvalue weighted by atomic mass is 10.1. The summed E-state index contributed by atoms with van der Waals surface area (Å²) in [5.41, 5.74) is -0.656. The third kappa shape index (κ3) is 3.19. The largest absolute Gasteiger partial charge is 0.480 e. The number of benzene rings is 1. The molecule has 0 aliphatic heterocycles. The first-order valence-electron chi connectivity index (χ1n) is 4.65. The van der Waals surface area contributed by atoms with Crippen LogP contribution >= 0.6 is 12.2 Å². The summed E-state index contributed by atoms with van der Waals surface area (Å²) >= 11 is 4.49. The summed E-state index contributed by atoms with van der Waals surface area (Å²) in [5, 5.41) is 19.2. The van der Waals surface area contributed by atoms with Gasteiger partial charge in [-0.1, -0.05) is 12.2 Å². The first-order valence-corrected chi connectivity index (χ1v) is 5.06. The maximum absolute atomic E-state index is 13.3. The van der Waals surface area contributed by atoms with Gasteiger partial charge in [0, 0.05) is 0 Å². The Morgan fingerprint density at radius 3 is 2.11 bits per heavy atom. The number of thiocarbonyl (C=S) groups is 1. The topological polar surface area (TPSA) is 86.6 Å². The van der Waals surface area contributed by atoms with E-state index in [2.05, 4.69) is 12.2 Å². The standard InChI is InChI=1S/C10H6F3NO4S/c11-3-1-2-4(7(13)6(3)12)14-8(19)5(9(15)16)10(17)18/h1-2,5H,(H,14,19)(H,15,16)(H,17,18). The summed E-state index contributed by atoms with van der Waals surface area (Å²) < 4.78 is 38.8. The molecule has 0 aromatic heterocycles. The number of nitrogens with one attached hydrogen (secondary N) is 1. The summed E-state index contributed by atoms with van der Waals surface area (Å²) in [4.78, 5) is 20.5. The van der Waals surface area contributed by atoms with Crippen LogP contribution in [0.5, 0.6) is 0 Å². The van der Waals surface area contributed by atoms with Crippen LogP contribution in [0, 0.1) is 23.4 Å². The van der Waals surface area contributed by atoms with Crippen molar-refractivity contribution in [3.8, 4) is 0 Å². The van der Waals surface area contributed by atoms with Crippen molar-refractivity contribution in [3.63, 3.8) is 0 Å². The van der Waals surface area contributed by atoms with Gasteiger partial charge in [0.25, 0.3) is 0 Å². The van der Waals surface area contributed by atoms with Gasteiger partial charge in [-0.15, -0.1) is 0 Å². The van der Waals surface area contributed by atoms with Crippen molar-refractivity contribution in [2.45, 2.75) is 0 Å². The highest BCUT2D eigenvalue weighted by Gasteiger charge is 2.31. The second-order valence-electron chi connectivity index (χ2n) is 3.32. The molecule has 0 heterocycles. The van der Waals surface area contributed by atoms with E-state index >= 15 is 0 Å². The predicted molar refractivity (Wildman–Crippen MR) is 61.3 cm³/mol. The Kier molecular flexibility index (Phi) is 4.43. The average molecular weight is 293 g/mol. The van der Waals surface area contributed by atoms with Gasteiger partial charge >= 0.3 is 11.9 Å². The smallest absolute Gasteiger partial charge is 0.324 e. The van der Waals surface area contributed by atoms with Crippen molar-refractivity contribution in [2.24, 2.45) is 5.92 Å². The fourth-order valence-electron chi connectivity index (χ4n) is 1.16. The van der Waals surface area contributed by atoms with Crippen LogP contribution in [0.15, 0.2) is 12.1 Å². The Labute approximate surface area is 109 Å². The average Bonchev–Trinajstić information content (AvgIpc) is 2.29. The number of carboxylic acids is 2. The van der Waals surface area contributed by atoms with Crippen LogP contribution in [0.2, 0.25) is 0 Å². The van der Waals surface area contributed by atoms with Gasteiger partial charge in [0.2, 0.25) is 5.92 Å². The van der Waals surface area contributed by atoms with Crippen LogP contribution in [-0.4, -0.2) is 27.1 Å². The zero-order valence-corrected chi connectivity index (χ0v) is 9.80. The van der Waals surface area contributed by atoms with Crippen molar-refractivity contribution in [1.29, 1.82) is 0 Å². The fourth-order valence-corrected chi connectivity index (χ4v) is 1.47. The number of rotatable bonds is 4. The van der Waals surface area contributed by atoms with Gasteiger partial charge in [-0.05, 0) is 12.1 Å². The molecule has 19 heavy (non-hydrogen) atoms. The molecule has 3 N–H and O–H groups in total. The zero-order valence-electron chi connectivity index (χ0n) is 8.99. The van der Waals surface area contributed by atoms with Crippen molar-refractivity contribution in [3.05, 3.63) is 29.6 Å². The Bertz CT molecular complexity index is 550. The van der Waals surface area contributed by atoms with E-state index in [1.807, 2.05) is 5.32 Å². The molecule has 0 aliphatic carbocycles. The Morgan fingerprint density at radius 2 is 1.63 bits per heavy atom. The molecule has 1 aromatic rings. The van der Waals surface area contributed by atoms with Crippen LogP contribution in [0.3, 0.4) is 0 Å². The maximum atomic E-state index is 13.3. The minimum Gasteiger partial charge on any atom is -0.480 e. The number of aliphatic carboxylic acids is 2. The van der Waals surface area contributed by atoms with Crippen LogP contribution < -0.4 is 5.32 Å². The Morgan fingerprint density at radius 1 is 1.11 bits per heavy atom. The molecule has 9 heteroatoms. The van der Waals surface area contributed by atoms with Gasteiger partial charge < -0.3 is 15.5 Å². The number of anilines is 1. The summed E-state index contributed by atoms with van der Waals surface area (Å²) in [6.45, 7) is 0. The third-order valence-electron chi connectivity index (χ3n) is 2.05. The number of hydrogen-bond donors (Lipinski definition) is 3. The van der Waals surface area contributed by atoms with Crippen molar-refractivity contribution < 1.29 is 33.0 Å². The molecule has 5 nitrogen and oxygen atoms in total. The first-order chi connectivity index (χ1) is 8.75. The van der Waals surface area contributed by atoms with Crippen LogP contribution in [-0.2, 0) is 9.59 Å². The van der Waals surface area contributed by atoms with Crippen LogP contribution in [0.25, 0.3) is 0 Å². The van der Waals surface area contributed by atoms with E-state index in [1.54, 1.807) is 0 Å². The maximum Gasteiger partial charge on any atom is 0.324 e. The molecule has 0 saturated carbocycles. The third-order valence-corrected chi connectivity index (χ3v) is 2.39. The minimum absolute atomic E-state index is 0.583. The van der Waals surface area contributed by atoms with Gasteiger partial charge in [-0.25, -0.2) is 13.2 Å². The van der Waals surface area contributed by atoms with E-state index in [9.17, 15) is 22.8 Å². The van der Waals surface area contributed by atoms with E-state index in [-0.39, 0.29) is 0 Å². The lowest BCUT2D eigenvalue weighted by molar-refractivity contribution is -0.150. The number of carbonyl (C=O) groups is 2. The molecule has 0 fully saturated rings. The molecule has 0 amide bonds. The summed E-state index contributed by atoms with van der Waals surface area (Å²) in [6.07, 6.45) is 0. The molecular formula is C10H6F3NO4S. The summed E-state index contributed by atoms with van der Waals surface area (Å²) in [5.74, 6) is -10.5. The molecule has 1 aromatic carbocycles. The van der Waals surface area contributed by atoms with Gasteiger partial charge in [0.05, 0.1) is 5.69 Å². The number of carboxylic acid groups (broad SMARTS) is 2. The highest BCUT2D eigenvalue weighted by Crippen LogP contribution is 2.20. The van der Waals surface area contributed by atoms with E-state index in [0.717, 1.165) is 6.07 Å². The van der Waals surface area contributed by atoms with Crippen molar-refractivity contribution in [1.82, 2.24) is 0 Å². The van der Waals surface area contributed by atoms with Gasteiger partial charge in [0.1, 0.15) is 4.99 Å². The lowest BCUT2D eigenvalue weighted by Crippen LogP contribution is -2.34. The van der Waals surface area contributed by atoms with E-state index in [4.69, 9.17) is 10.2 Å². The fraction of sp³-hybridized carbons (Fsp3) is 0.100. The Hall–Kier alpha value is -2.16. The van der Waals surface area contributed by atoms with Gasteiger partial charge in [-0.2, -0.15) is 0 Å². The highest BCUT2D eigenvalue weighted by atomic mass is 32.1. The normalized spacial score (nSPS) is 10.3. The molecule has 0 unspecified atom stereocenters. The molecule has 0 radical (unpaired) electrons. The Balaban J connectivity index is 3.03. The lowest BCUT2D eigenvalue weighted by Gasteiger charge is -2.12. The summed E-state index contributed by atoms with van der Waals surface area (Å²) in [6, 6.07) is 1.35.